The second-order valence-electron chi connectivity index (χ2n) is 9.95. The summed E-state index contributed by atoms with van der Waals surface area (Å²) in [5.74, 6) is -0.769. The first-order valence-corrected chi connectivity index (χ1v) is 11.1. The van der Waals surface area contributed by atoms with Crippen LogP contribution >= 0.6 is 0 Å². The van der Waals surface area contributed by atoms with Gasteiger partial charge in [-0.15, -0.1) is 0 Å². The Morgan fingerprint density at radius 3 is 2.45 bits per heavy atom. The Kier molecular flexibility index (Phi) is 8.89. The van der Waals surface area contributed by atoms with E-state index in [1.54, 1.807) is 0 Å². The highest BCUT2D eigenvalue weighted by atomic mass is 19.4. The molecular weight excluding hydrogens is 437 g/mol. The highest BCUT2D eigenvalue weighted by molar-refractivity contribution is 5.98. The van der Waals surface area contributed by atoms with Crippen molar-refractivity contribution in [2.24, 2.45) is 17.1 Å². The zero-order chi connectivity index (χ0) is 25.0. The fraction of sp³-hybridized carbons (Fsp3) is 0.652. The molecule has 186 valence electrons. The van der Waals surface area contributed by atoms with Gasteiger partial charge < -0.3 is 20.7 Å². The summed E-state index contributed by atoms with van der Waals surface area (Å²) < 4.78 is 46.6. The molecule has 1 saturated heterocycles. The molecule has 1 fully saturated rings. The molecule has 1 heterocycles. The summed E-state index contributed by atoms with van der Waals surface area (Å²) >= 11 is 0. The molecule has 0 radical (unpaired) electrons. The van der Waals surface area contributed by atoms with Crippen LogP contribution in [-0.4, -0.2) is 62.1 Å². The quantitative estimate of drug-likeness (QED) is 0.606. The molecule has 33 heavy (non-hydrogen) atoms. The normalized spacial score (nSPS) is 16.5. The smallest absolute Gasteiger partial charge is 0.370 e. The van der Waals surface area contributed by atoms with Crippen molar-refractivity contribution in [1.29, 1.82) is 0 Å². The summed E-state index contributed by atoms with van der Waals surface area (Å²) in [5, 5.41) is 2.44. The van der Waals surface area contributed by atoms with Gasteiger partial charge in [-0.2, -0.15) is 13.2 Å². The standard InChI is InChI=1S/C23H35F3N4O3/c1-15(2)12-29(14-22(3,4)5)19(11-27)21(32)28-18-7-6-16(10-17(18)23(24,25)26)30-8-9-33-13-20(30)31/h6-7,10,15,19H,8-9,11-14,27H2,1-5H3,(H,28,32)/t19-/m1/s1. The van der Waals surface area contributed by atoms with Gasteiger partial charge in [-0.25, -0.2) is 0 Å². The predicted molar refractivity (Wildman–Crippen MR) is 122 cm³/mol. The summed E-state index contributed by atoms with van der Waals surface area (Å²) in [6.45, 7) is 11.4. The van der Waals surface area contributed by atoms with Gasteiger partial charge in [-0.05, 0) is 29.5 Å². The van der Waals surface area contributed by atoms with Crippen molar-refractivity contribution in [2.45, 2.75) is 46.8 Å². The van der Waals surface area contributed by atoms with Crippen molar-refractivity contribution in [3.63, 3.8) is 0 Å². The first kappa shape index (κ1) is 27.1. The van der Waals surface area contributed by atoms with E-state index in [-0.39, 0.29) is 49.0 Å². The number of nitrogens with zero attached hydrogens (tertiary/aromatic N) is 2. The summed E-state index contributed by atoms with van der Waals surface area (Å²) in [6, 6.07) is 2.68. The van der Waals surface area contributed by atoms with Crippen LogP contribution in [0.25, 0.3) is 0 Å². The Hall–Kier alpha value is -2.17. The molecule has 1 aromatic carbocycles. The van der Waals surface area contributed by atoms with E-state index in [9.17, 15) is 22.8 Å². The third kappa shape index (κ3) is 7.68. The fourth-order valence-corrected chi connectivity index (χ4v) is 3.85. The van der Waals surface area contributed by atoms with E-state index >= 15 is 0 Å². The van der Waals surface area contributed by atoms with Crippen molar-refractivity contribution < 1.29 is 27.5 Å². The molecule has 0 bridgehead atoms. The molecule has 0 unspecified atom stereocenters. The van der Waals surface area contributed by atoms with Gasteiger partial charge in [0.05, 0.1) is 17.9 Å². The van der Waals surface area contributed by atoms with Crippen LogP contribution in [0.1, 0.15) is 40.2 Å². The topological polar surface area (TPSA) is 87.9 Å². The lowest BCUT2D eigenvalue weighted by atomic mass is 9.94. The van der Waals surface area contributed by atoms with Crippen LogP contribution in [-0.2, 0) is 20.5 Å². The number of benzene rings is 1. The van der Waals surface area contributed by atoms with Gasteiger partial charge in [-0.3, -0.25) is 14.5 Å². The van der Waals surface area contributed by atoms with E-state index in [1.165, 1.54) is 17.0 Å². The minimum absolute atomic E-state index is 0.0314. The number of carbonyl (C=O) groups excluding carboxylic acids is 2. The van der Waals surface area contributed by atoms with Crippen LogP contribution in [0.4, 0.5) is 24.5 Å². The second kappa shape index (κ2) is 10.8. The molecule has 2 amide bonds. The molecule has 3 N–H and O–H groups in total. The van der Waals surface area contributed by atoms with Crippen molar-refractivity contribution in [2.75, 3.05) is 49.6 Å². The lowest BCUT2D eigenvalue weighted by Crippen LogP contribution is -2.52. The van der Waals surface area contributed by atoms with Gasteiger partial charge in [0.1, 0.15) is 12.6 Å². The number of anilines is 2. The fourth-order valence-electron chi connectivity index (χ4n) is 3.85. The maximum Gasteiger partial charge on any atom is 0.418 e. The van der Waals surface area contributed by atoms with E-state index < -0.39 is 29.6 Å². The Bertz CT molecular complexity index is 837. The maximum absolute atomic E-state index is 13.9. The third-order valence-corrected chi connectivity index (χ3v) is 5.11. The van der Waals surface area contributed by atoms with Crippen molar-refractivity contribution >= 4 is 23.2 Å². The van der Waals surface area contributed by atoms with Crippen molar-refractivity contribution in [1.82, 2.24) is 4.90 Å². The maximum atomic E-state index is 13.9. The molecule has 1 atom stereocenters. The highest BCUT2D eigenvalue weighted by Gasteiger charge is 2.36. The largest absolute Gasteiger partial charge is 0.418 e. The Labute approximate surface area is 193 Å². The van der Waals surface area contributed by atoms with E-state index in [0.717, 1.165) is 6.07 Å². The first-order chi connectivity index (χ1) is 15.2. The molecular formula is C23H35F3N4O3. The van der Waals surface area contributed by atoms with Crippen LogP contribution in [0.3, 0.4) is 0 Å². The number of alkyl halides is 3. The number of ether oxygens (including phenoxy) is 1. The Morgan fingerprint density at radius 1 is 1.27 bits per heavy atom. The molecule has 0 aliphatic carbocycles. The number of rotatable bonds is 8. The van der Waals surface area contributed by atoms with Crippen LogP contribution < -0.4 is 16.0 Å². The molecule has 7 nitrogen and oxygen atoms in total. The second-order valence-corrected chi connectivity index (χ2v) is 9.95. The highest BCUT2D eigenvalue weighted by Crippen LogP contribution is 2.38. The van der Waals surface area contributed by atoms with E-state index in [4.69, 9.17) is 10.5 Å². The van der Waals surface area contributed by atoms with Crippen LogP contribution in [0.15, 0.2) is 18.2 Å². The summed E-state index contributed by atoms with van der Waals surface area (Å²) in [5.41, 5.74) is 4.50. The SMILES string of the molecule is CC(C)CN(CC(C)(C)C)[C@H](CN)C(=O)Nc1ccc(N2CCOCC2=O)cc1C(F)(F)F. The van der Waals surface area contributed by atoms with Gasteiger partial charge in [0.2, 0.25) is 5.91 Å². The van der Waals surface area contributed by atoms with Gasteiger partial charge in [0.15, 0.2) is 0 Å². The number of nitrogens with two attached hydrogens (primary N) is 1. The van der Waals surface area contributed by atoms with E-state index in [1.807, 2.05) is 39.5 Å². The van der Waals surface area contributed by atoms with Crippen LogP contribution in [0, 0.1) is 11.3 Å². The number of halogens is 3. The minimum atomic E-state index is -4.73. The molecule has 10 heteroatoms. The third-order valence-electron chi connectivity index (χ3n) is 5.11. The van der Waals surface area contributed by atoms with E-state index in [2.05, 4.69) is 5.32 Å². The molecule has 1 aliphatic rings. The lowest BCUT2D eigenvalue weighted by Gasteiger charge is -2.36. The average molecular weight is 473 g/mol. The molecule has 2 rings (SSSR count). The summed E-state index contributed by atoms with van der Waals surface area (Å²) in [6.07, 6.45) is -4.73. The van der Waals surface area contributed by atoms with E-state index in [0.29, 0.717) is 13.1 Å². The number of hydrogen-bond acceptors (Lipinski definition) is 5. The zero-order valence-electron chi connectivity index (χ0n) is 20.0. The summed E-state index contributed by atoms with van der Waals surface area (Å²) in [4.78, 5) is 28.3. The molecule has 1 aromatic rings. The van der Waals surface area contributed by atoms with Crippen molar-refractivity contribution in [3.05, 3.63) is 23.8 Å². The molecule has 0 spiro atoms. The van der Waals surface area contributed by atoms with Gasteiger partial charge >= 0.3 is 6.18 Å². The number of hydrogen-bond donors (Lipinski definition) is 2. The predicted octanol–water partition coefficient (Wildman–Crippen LogP) is 3.34. The van der Waals surface area contributed by atoms with Gasteiger partial charge in [0, 0.05) is 31.9 Å². The molecule has 0 aromatic heterocycles. The average Bonchev–Trinajstić information content (AvgIpc) is 2.66. The number of carbonyl (C=O) groups is 2. The Morgan fingerprint density at radius 2 is 1.94 bits per heavy atom. The Balaban J connectivity index is 2.34. The van der Waals surface area contributed by atoms with Gasteiger partial charge in [0.25, 0.3) is 5.91 Å². The lowest BCUT2D eigenvalue weighted by molar-refractivity contribution is -0.137. The van der Waals surface area contributed by atoms with Crippen LogP contribution in [0.5, 0.6) is 0 Å². The summed E-state index contributed by atoms with van der Waals surface area (Å²) in [7, 11) is 0. The number of amides is 2. The monoisotopic (exact) mass is 472 g/mol. The first-order valence-electron chi connectivity index (χ1n) is 11.1. The number of nitrogens with one attached hydrogen (secondary N) is 1. The van der Waals surface area contributed by atoms with Crippen LogP contribution in [0.2, 0.25) is 0 Å². The zero-order valence-corrected chi connectivity index (χ0v) is 20.0. The minimum Gasteiger partial charge on any atom is -0.370 e. The molecule has 1 aliphatic heterocycles. The molecule has 0 saturated carbocycles. The number of morpholine rings is 1. The van der Waals surface area contributed by atoms with Gasteiger partial charge in [-0.1, -0.05) is 34.6 Å². The van der Waals surface area contributed by atoms with Crippen molar-refractivity contribution in [3.8, 4) is 0 Å².